The molecule has 1 fully saturated rings. The summed E-state index contributed by atoms with van der Waals surface area (Å²) in [5.41, 5.74) is 0. The summed E-state index contributed by atoms with van der Waals surface area (Å²) in [4.78, 5) is 13.7. The summed E-state index contributed by atoms with van der Waals surface area (Å²) in [7, 11) is 1.73. The summed E-state index contributed by atoms with van der Waals surface area (Å²) in [6.45, 7) is 6.51. The van der Waals surface area contributed by atoms with E-state index in [0.29, 0.717) is 5.92 Å². The number of piperidine rings is 1. The van der Waals surface area contributed by atoms with E-state index in [-0.39, 0.29) is 11.8 Å². The number of nitrogens with zero attached hydrogens (tertiary/aromatic N) is 1. The lowest BCUT2D eigenvalue weighted by molar-refractivity contribution is -0.136. The molecular weight excluding hydrogens is 178 g/mol. The van der Waals surface area contributed by atoms with Gasteiger partial charge in [-0.15, -0.1) is 0 Å². The molecular formula is C11H21NO2. The molecule has 1 rings (SSSR count). The minimum Gasteiger partial charge on any atom is -0.384 e. The zero-order valence-electron chi connectivity index (χ0n) is 9.45. The van der Waals surface area contributed by atoms with Gasteiger partial charge in [-0.05, 0) is 18.8 Å². The zero-order chi connectivity index (χ0) is 10.6. The molecule has 14 heavy (non-hydrogen) atoms. The maximum absolute atomic E-state index is 11.7. The standard InChI is InChI=1S/C11H21NO2/c1-9(2)11(13)12-6-4-5-10(7-12)8-14-3/h9-10H,4-8H2,1-3H3. The second-order valence-corrected chi connectivity index (χ2v) is 4.40. The molecule has 0 aromatic heterocycles. The van der Waals surface area contributed by atoms with Gasteiger partial charge in [0.1, 0.15) is 0 Å². The smallest absolute Gasteiger partial charge is 0.225 e. The van der Waals surface area contributed by atoms with Crippen molar-refractivity contribution in [3.05, 3.63) is 0 Å². The Bertz CT molecular complexity index is 190. The summed E-state index contributed by atoms with van der Waals surface area (Å²) in [6, 6.07) is 0. The molecule has 1 amide bonds. The van der Waals surface area contributed by atoms with Crippen molar-refractivity contribution in [2.24, 2.45) is 11.8 Å². The fourth-order valence-corrected chi connectivity index (χ4v) is 2.00. The van der Waals surface area contributed by atoms with E-state index >= 15 is 0 Å². The van der Waals surface area contributed by atoms with Gasteiger partial charge in [0.25, 0.3) is 0 Å². The van der Waals surface area contributed by atoms with Crippen LogP contribution in [0.4, 0.5) is 0 Å². The SMILES string of the molecule is COCC1CCCN(C(=O)C(C)C)C1. The largest absolute Gasteiger partial charge is 0.384 e. The van der Waals surface area contributed by atoms with Crippen molar-refractivity contribution in [3.8, 4) is 0 Å². The number of likely N-dealkylation sites (tertiary alicyclic amines) is 1. The molecule has 1 heterocycles. The molecule has 1 aliphatic heterocycles. The van der Waals surface area contributed by atoms with E-state index in [4.69, 9.17) is 4.74 Å². The highest BCUT2D eigenvalue weighted by Gasteiger charge is 2.24. The number of amides is 1. The molecule has 0 aromatic rings. The second-order valence-electron chi connectivity index (χ2n) is 4.40. The van der Waals surface area contributed by atoms with E-state index in [2.05, 4.69) is 0 Å². The van der Waals surface area contributed by atoms with Gasteiger partial charge in [0.2, 0.25) is 5.91 Å². The molecule has 0 radical (unpaired) electrons. The number of methoxy groups -OCH3 is 1. The second kappa shape index (κ2) is 5.35. The average Bonchev–Trinajstić information content (AvgIpc) is 2.17. The fraction of sp³-hybridized carbons (Fsp3) is 0.909. The van der Waals surface area contributed by atoms with Crippen LogP contribution in [0, 0.1) is 11.8 Å². The highest BCUT2D eigenvalue weighted by atomic mass is 16.5. The molecule has 1 saturated heterocycles. The van der Waals surface area contributed by atoms with E-state index in [1.54, 1.807) is 7.11 Å². The lowest BCUT2D eigenvalue weighted by Crippen LogP contribution is -2.42. The Hall–Kier alpha value is -0.570. The number of ether oxygens (including phenoxy) is 1. The van der Waals surface area contributed by atoms with Crippen LogP contribution in [-0.4, -0.2) is 37.6 Å². The van der Waals surface area contributed by atoms with Crippen LogP contribution >= 0.6 is 0 Å². The Morgan fingerprint density at radius 2 is 2.29 bits per heavy atom. The highest BCUT2D eigenvalue weighted by molar-refractivity contribution is 5.78. The topological polar surface area (TPSA) is 29.5 Å². The Morgan fingerprint density at radius 3 is 2.86 bits per heavy atom. The third kappa shape index (κ3) is 2.98. The van der Waals surface area contributed by atoms with E-state index in [0.717, 1.165) is 26.1 Å². The minimum absolute atomic E-state index is 0.122. The van der Waals surface area contributed by atoms with E-state index in [9.17, 15) is 4.79 Å². The van der Waals surface area contributed by atoms with Crippen LogP contribution in [0.15, 0.2) is 0 Å². The fourth-order valence-electron chi connectivity index (χ4n) is 2.00. The summed E-state index contributed by atoms with van der Waals surface area (Å²) < 4.78 is 5.13. The third-order valence-corrected chi connectivity index (χ3v) is 2.73. The maximum Gasteiger partial charge on any atom is 0.225 e. The van der Waals surface area contributed by atoms with Crippen LogP contribution in [-0.2, 0) is 9.53 Å². The van der Waals surface area contributed by atoms with Crippen molar-refractivity contribution in [3.63, 3.8) is 0 Å². The molecule has 0 N–H and O–H groups in total. The van der Waals surface area contributed by atoms with Crippen molar-refractivity contribution < 1.29 is 9.53 Å². The molecule has 0 bridgehead atoms. The van der Waals surface area contributed by atoms with Crippen LogP contribution in [0.25, 0.3) is 0 Å². The van der Waals surface area contributed by atoms with Crippen molar-refractivity contribution in [1.29, 1.82) is 0 Å². The van der Waals surface area contributed by atoms with Gasteiger partial charge in [0.15, 0.2) is 0 Å². The van der Waals surface area contributed by atoms with Crippen LogP contribution in [0.3, 0.4) is 0 Å². The summed E-state index contributed by atoms with van der Waals surface area (Å²) >= 11 is 0. The molecule has 0 aliphatic carbocycles. The number of carbonyl (C=O) groups is 1. The maximum atomic E-state index is 11.7. The first-order valence-electron chi connectivity index (χ1n) is 5.43. The first kappa shape index (κ1) is 11.5. The monoisotopic (exact) mass is 199 g/mol. The average molecular weight is 199 g/mol. The molecule has 0 saturated carbocycles. The van der Waals surface area contributed by atoms with E-state index in [1.807, 2.05) is 18.7 Å². The van der Waals surface area contributed by atoms with Gasteiger partial charge in [0.05, 0.1) is 6.61 Å². The third-order valence-electron chi connectivity index (χ3n) is 2.73. The molecule has 1 aliphatic rings. The Labute approximate surface area is 86.4 Å². The van der Waals surface area contributed by atoms with Crippen molar-refractivity contribution >= 4 is 5.91 Å². The first-order chi connectivity index (χ1) is 6.65. The molecule has 0 spiro atoms. The summed E-state index contributed by atoms with van der Waals surface area (Å²) in [6.07, 6.45) is 2.31. The zero-order valence-corrected chi connectivity index (χ0v) is 9.45. The van der Waals surface area contributed by atoms with Gasteiger partial charge in [-0.3, -0.25) is 4.79 Å². The highest BCUT2D eigenvalue weighted by Crippen LogP contribution is 2.18. The number of hydrogen-bond acceptors (Lipinski definition) is 2. The number of rotatable bonds is 3. The predicted molar refractivity (Wildman–Crippen MR) is 56.0 cm³/mol. The van der Waals surface area contributed by atoms with Gasteiger partial charge < -0.3 is 9.64 Å². The lowest BCUT2D eigenvalue weighted by atomic mass is 9.98. The Morgan fingerprint density at radius 1 is 1.57 bits per heavy atom. The van der Waals surface area contributed by atoms with Crippen LogP contribution in [0.2, 0.25) is 0 Å². The summed E-state index contributed by atoms with van der Waals surface area (Å²) in [5, 5.41) is 0. The Kier molecular flexibility index (Phi) is 4.39. The van der Waals surface area contributed by atoms with Gasteiger partial charge >= 0.3 is 0 Å². The quantitative estimate of drug-likeness (QED) is 0.690. The van der Waals surface area contributed by atoms with E-state index < -0.39 is 0 Å². The van der Waals surface area contributed by atoms with Crippen LogP contribution < -0.4 is 0 Å². The van der Waals surface area contributed by atoms with Gasteiger partial charge in [-0.2, -0.15) is 0 Å². The first-order valence-corrected chi connectivity index (χ1v) is 5.43. The molecule has 0 aromatic carbocycles. The molecule has 1 unspecified atom stereocenters. The van der Waals surface area contributed by atoms with Gasteiger partial charge in [-0.25, -0.2) is 0 Å². The predicted octanol–water partition coefficient (Wildman–Crippen LogP) is 1.53. The number of carbonyl (C=O) groups excluding carboxylic acids is 1. The van der Waals surface area contributed by atoms with Crippen molar-refractivity contribution in [2.45, 2.75) is 26.7 Å². The van der Waals surface area contributed by atoms with Crippen LogP contribution in [0.1, 0.15) is 26.7 Å². The van der Waals surface area contributed by atoms with Crippen molar-refractivity contribution in [1.82, 2.24) is 4.90 Å². The molecule has 1 atom stereocenters. The van der Waals surface area contributed by atoms with Gasteiger partial charge in [0, 0.05) is 26.1 Å². The molecule has 82 valence electrons. The van der Waals surface area contributed by atoms with Gasteiger partial charge in [-0.1, -0.05) is 13.8 Å². The Balaban J connectivity index is 2.43. The lowest BCUT2D eigenvalue weighted by Gasteiger charge is -2.33. The van der Waals surface area contributed by atoms with E-state index in [1.165, 1.54) is 6.42 Å². The molecule has 3 nitrogen and oxygen atoms in total. The minimum atomic E-state index is 0.122. The number of hydrogen-bond donors (Lipinski definition) is 0. The summed E-state index contributed by atoms with van der Waals surface area (Å²) in [5.74, 6) is 0.943. The normalized spacial score (nSPS) is 22.9. The van der Waals surface area contributed by atoms with Crippen LogP contribution in [0.5, 0.6) is 0 Å². The van der Waals surface area contributed by atoms with Crippen molar-refractivity contribution in [2.75, 3.05) is 26.8 Å². The molecule has 3 heteroatoms.